The minimum absolute atomic E-state index is 0.00719. The monoisotopic (exact) mass is 196 g/mol. The van der Waals surface area contributed by atoms with E-state index in [4.69, 9.17) is 12.2 Å². The Bertz CT molecular complexity index is 228. The summed E-state index contributed by atoms with van der Waals surface area (Å²) >= 11 is 0. The van der Waals surface area contributed by atoms with Crippen molar-refractivity contribution in [1.29, 1.82) is 0 Å². The van der Waals surface area contributed by atoms with Crippen LogP contribution in [0.3, 0.4) is 0 Å². The van der Waals surface area contributed by atoms with E-state index in [1.165, 1.54) is 0 Å². The van der Waals surface area contributed by atoms with Gasteiger partial charge in [-0.1, -0.05) is 13.3 Å². The zero-order valence-corrected chi connectivity index (χ0v) is 9.26. The van der Waals surface area contributed by atoms with Crippen LogP contribution in [0.1, 0.15) is 40.0 Å². The van der Waals surface area contributed by atoms with Crippen LogP contribution in [0.5, 0.6) is 0 Å². The van der Waals surface area contributed by atoms with Crippen LogP contribution in [0.15, 0.2) is 0 Å². The highest BCUT2D eigenvalue weighted by Crippen LogP contribution is 2.08. The fraction of sp³-hybridized carbons (Fsp3) is 0.727. The molecule has 2 atom stereocenters. The Morgan fingerprint density at radius 2 is 2.29 bits per heavy atom. The van der Waals surface area contributed by atoms with Gasteiger partial charge in [0.2, 0.25) is 5.91 Å². The first-order valence-electron chi connectivity index (χ1n) is 4.97. The van der Waals surface area contributed by atoms with Crippen LogP contribution in [-0.2, 0) is 4.79 Å². The fourth-order valence-electron chi connectivity index (χ4n) is 1.25. The molecule has 80 valence electrons. The summed E-state index contributed by atoms with van der Waals surface area (Å²) < 4.78 is 0. The number of terminal acetylenes is 1. The topological polar surface area (TPSA) is 55.1 Å². The zero-order chi connectivity index (χ0) is 11.2. The molecule has 0 saturated carbocycles. The third kappa shape index (κ3) is 4.29. The van der Waals surface area contributed by atoms with Crippen LogP contribution in [0.25, 0.3) is 0 Å². The van der Waals surface area contributed by atoms with E-state index in [1.54, 1.807) is 6.92 Å². The van der Waals surface area contributed by atoms with Crippen LogP contribution < -0.4 is 11.1 Å². The highest BCUT2D eigenvalue weighted by molar-refractivity contribution is 5.85. The summed E-state index contributed by atoms with van der Waals surface area (Å²) in [4.78, 5) is 11.6. The lowest BCUT2D eigenvalue weighted by molar-refractivity contribution is -0.126. The lowest BCUT2D eigenvalue weighted by Crippen LogP contribution is -2.53. The maximum atomic E-state index is 11.6. The molecular formula is C11H20N2O. The largest absolute Gasteiger partial charge is 0.351 e. The summed E-state index contributed by atoms with van der Waals surface area (Å²) in [5.74, 6) is 2.38. The first-order valence-corrected chi connectivity index (χ1v) is 4.97. The number of nitrogens with one attached hydrogen (secondary N) is 1. The van der Waals surface area contributed by atoms with Crippen molar-refractivity contribution in [2.45, 2.75) is 51.6 Å². The molecule has 0 aliphatic carbocycles. The standard InChI is InChI=1S/C11H20N2O/c1-5-7-9(3)13-10(14)11(4,12)8-6-2/h1,9H,6-8,12H2,2-4H3,(H,13,14). The van der Waals surface area contributed by atoms with Gasteiger partial charge in [0, 0.05) is 12.5 Å². The first kappa shape index (κ1) is 13.0. The summed E-state index contributed by atoms with van der Waals surface area (Å²) in [7, 11) is 0. The van der Waals surface area contributed by atoms with E-state index in [2.05, 4.69) is 11.2 Å². The van der Waals surface area contributed by atoms with Crippen molar-refractivity contribution in [2.75, 3.05) is 0 Å². The van der Waals surface area contributed by atoms with E-state index in [9.17, 15) is 4.79 Å². The zero-order valence-electron chi connectivity index (χ0n) is 9.26. The van der Waals surface area contributed by atoms with E-state index < -0.39 is 5.54 Å². The van der Waals surface area contributed by atoms with Gasteiger partial charge >= 0.3 is 0 Å². The summed E-state index contributed by atoms with van der Waals surface area (Å²) in [5.41, 5.74) is 5.07. The van der Waals surface area contributed by atoms with E-state index in [0.717, 1.165) is 6.42 Å². The van der Waals surface area contributed by atoms with Gasteiger partial charge in [-0.2, -0.15) is 0 Å². The minimum atomic E-state index is -0.780. The average molecular weight is 196 g/mol. The molecule has 1 amide bonds. The Balaban J connectivity index is 4.13. The molecule has 3 heteroatoms. The van der Waals surface area contributed by atoms with Crippen LogP contribution in [0.4, 0.5) is 0 Å². The fourth-order valence-corrected chi connectivity index (χ4v) is 1.25. The van der Waals surface area contributed by atoms with E-state index in [0.29, 0.717) is 12.8 Å². The average Bonchev–Trinajstić information content (AvgIpc) is 2.04. The molecule has 0 saturated heterocycles. The molecule has 0 bridgehead atoms. The van der Waals surface area contributed by atoms with Crippen molar-refractivity contribution in [3.8, 4) is 12.3 Å². The van der Waals surface area contributed by atoms with Crippen LogP contribution >= 0.6 is 0 Å². The van der Waals surface area contributed by atoms with Gasteiger partial charge < -0.3 is 11.1 Å². The molecule has 0 fully saturated rings. The van der Waals surface area contributed by atoms with Crippen molar-refractivity contribution in [2.24, 2.45) is 5.73 Å². The molecule has 0 spiro atoms. The number of amides is 1. The molecule has 0 aromatic heterocycles. The van der Waals surface area contributed by atoms with Crippen LogP contribution in [0, 0.1) is 12.3 Å². The third-order valence-electron chi connectivity index (χ3n) is 2.09. The second-order valence-corrected chi connectivity index (χ2v) is 3.95. The number of rotatable bonds is 5. The Labute approximate surface area is 86.4 Å². The summed E-state index contributed by atoms with van der Waals surface area (Å²) in [6.45, 7) is 5.62. The molecule has 3 N–H and O–H groups in total. The highest BCUT2D eigenvalue weighted by Gasteiger charge is 2.27. The smallest absolute Gasteiger partial charge is 0.240 e. The Hall–Kier alpha value is -1.01. The highest BCUT2D eigenvalue weighted by atomic mass is 16.2. The molecule has 0 aromatic rings. The molecule has 14 heavy (non-hydrogen) atoms. The second kappa shape index (κ2) is 5.66. The van der Waals surface area contributed by atoms with Gasteiger partial charge in [-0.25, -0.2) is 0 Å². The van der Waals surface area contributed by atoms with E-state index in [1.807, 2.05) is 13.8 Å². The molecule has 0 aliphatic rings. The van der Waals surface area contributed by atoms with Crippen molar-refractivity contribution in [3.63, 3.8) is 0 Å². The number of nitrogens with two attached hydrogens (primary N) is 1. The predicted octanol–water partition coefficient (Wildman–Crippen LogP) is 1.03. The summed E-state index contributed by atoms with van der Waals surface area (Å²) in [5, 5.41) is 2.80. The van der Waals surface area contributed by atoms with Gasteiger partial charge in [0.05, 0.1) is 5.54 Å². The Kier molecular flexibility index (Phi) is 5.26. The Morgan fingerprint density at radius 1 is 1.71 bits per heavy atom. The maximum Gasteiger partial charge on any atom is 0.240 e. The molecule has 3 nitrogen and oxygen atoms in total. The van der Waals surface area contributed by atoms with E-state index in [-0.39, 0.29) is 11.9 Å². The number of carbonyl (C=O) groups is 1. The molecule has 0 rings (SSSR count). The lowest BCUT2D eigenvalue weighted by Gasteiger charge is -2.24. The normalized spacial score (nSPS) is 16.5. The van der Waals surface area contributed by atoms with Gasteiger partial charge in [0.1, 0.15) is 0 Å². The van der Waals surface area contributed by atoms with Crippen molar-refractivity contribution >= 4 is 5.91 Å². The molecular weight excluding hydrogens is 176 g/mol. The number of carbonyl (C=O) groups excluding carboxylic acids is 1. The van der Waals surface area contributed by atoms with Gasteiger partial charge in [0.25, 0.3) is 0 Å². The van der Waals surface area contributed by atoms with Crippen LogP contribution in [-0.4, -0.2) is 17.5 Å². The lowest BCUT2D eigenvalue weighted by atomic mass is 9.96. The molecule has 0 radical (unpaired) electrons. The third-order valence-corrected chi connectivity index (χ3v) is 2.09. The quantitative estimate of drug-likeness (QED) is 0.645. The van der Waals surface area contributed by atoms with Gasteiger partial charge in [-0.05, 0) is 20.3 Å². The van der Waals surface area contributed by atoms with Crippen LogP contribution in [0.2, 0.25) is 0 Å². The van der Waals surface area contributed by atoms with Gasteiger partial charge in [-0.15, -0.1) is 12.3 Å². The number of hydrogen-bond acceptors (Lipinski definition) is 2. The SMILES string of the molecule is C#CCC(C)NC(=O)C(C)(N)CCC. The molecule has 0 aliphatic heterocycles. The predicted molar refractivity (Wildman–Crippen MR) is 58.6 cm³/mol. The summed E-state index contributed by atoms with van der Waals surface area (Å²) in [6.07, 6.45) is 7.25. The van der Waals surface area contributed by atoms with E-state index >= 15 is 0 Å². The second-order valence-electron chi connectivity index (χ2n) is 3.95. The molecule has 0 aromatic carbocycles. The van der Waals surface area contributed by atoms with Gasteiger partial charge in [0.15, 0.2) is 0 Å². The van der Waals surface area contributed by atoms with Crippen molar-refractivity contribution in [3.05, 3.63) is 0 Å². The molecule has 2 unspecified atom stereocenters. The van der Waals surface area contributed by atoms with Crippen molar-refractivity contribution < 1.29 is 4.79 Å². The Morgan fingerprint density at radius 3 is 2.71 bits per heavy atom. The number of hydrogen-bond donors (Lipinski definition) is 2. The summed E-state index contributed by atoms with van der Waals surface area (Å²) in [6, 6.07) is -0.00719. The maximum absolute atomic E-state index is 11.6. The molecule has 0 heterocycles. The minimum Gasteiger partial charge on any atom is -0.351 e. The first-order chi connectivity index (χ1) is 6.44. The van der Waals surface area contributed by atoms with Crippen molar-refractivity contribution in [1.82, 2.24) is 5.32 Å². The van der Waals surface area contributed by atoms with Gasteiger partial charge in [-0.3, -0.25) is 4.79 Å².